The molecule has 2 aromatic rings. The van der Waals surface area contributed by atoms with Gasteiger partial charge in [0.25, 0.3) is 0 Å². The third kappa shape index (κ3) is 5.47. The molecule has 0 bridgehead atoms. The number of alkyl halides is 3. The zero-order valence-electron chi connectivity index (χ0n) is 16.0. The van der Waals surface area contributed by atoms with Crippen LogP contribution in [-0.4, -0.2) is 6.18 Å². The molecule has 0 N–H and O–H groups in total. The van der Waals surface area contributed by atoms with E-state index in [4.69, 9.17) is 0 Å². The Labute approximate surface area is 167 Å². The molecule has 0 amide bonds. The van der Waals surface area contributed by atoms with E-state index in [1.807, 2.05) is 19.1 Å². The third-order valence-corrected chi connectivity index (χ3v) is 5.32. The van der Waals surface area contributed by atoms with Gasteiger partial charge in [-0.05, 0) is 73.3 Å². The Bertz CT molecular complexity index is 911. The molecule has 5 heteroatoms. The number of hydrogen-bond donors (Lipinski definition) is 0. The maximum Gasteiger partial charge on any atom is 0.458 e. The Morgan fingerprint density at radius 2 is 1.48 bits per heavy atom. The quantitative estimate of drug-likeness (QED) is 0.284. The molecule has 29 heavy (non-hydrogen) atoms. The summed E-state index contributed by atoms with van der Waals surface area (Å²) in [6.07, 6.45) is 4.04. The van der Waals surface area contributed by atoms with Crippen molar-refractivity contribution in [2.75, 3.05) is 0 Å². The Morgan fingerprint density at radius 1 is 0.897 bits per heavy atom. The summed E-state index contributed by atoms with van der Waals surface area (Å²) in [4.78, 5) is 0. The first-order valence-electron chi connectivity index (χ1n) is 9.59. The summed E-state index contributed by atoms with van der Waals surface area (Å²) < 4.78 is 64.8. The lowest BCUT2D eigenvalue weighted by atomic mass is 9.78. The second kappa shape index (κ2) is 8.82. The number of hydrogen-bond acceptors (Lipinski definition) is 0. The van der Waals surface area contributed by atoms with Gasteiger partial charge in [-0.1, -0.05) is 42.3 Å². The molecule has 1 saturated carbocycles. The highest BCUT2D eigenvalue weighted by Crippen LogP contribution is 2.37. The largest absolute Gasteiger partial charge is 0.458 e. The van der Waals surface area contributed by atoms with E-state index in [9.17, 15) is 22.0 Å². The number of rotatable bonds is 3. The van der Waals surface area contributed by atoms with Gasteiger partial charge in [-0.25, -0.2) is 8.78 Å². The van der Waals surface area contributed by atoms with Gasteiger partial charge in [-0.3, -0.25) is 0 Å². The molecule has 0 aromatic heterocycles. The molecular formula is C24H21F5. The van der Waals surface area contributed by atoms with Crippen LogP contribution in [-0.2, 0) is 0 Å². The summed E-state index contributed by atoms with van der Waals surface area (Å²) in [6.45, 7) is 2.03. The number of allylic oxidation sites excluding steroid dienone is 2. The van der Waals surface area contributed by atoms with Crippen LogP contribution >= 0.6 is 0 Å². The summed E-state index contributed by atoms with van der Waals surface area (Å²) in [5.41, 5.74) is 1.19. The Hall–Kier alpha value is -2.61. The van der Waals surface area contributed by atoms with Crippen LogP contribution in [0.4, 0.5) is 22.0 Å². The minimum atomic E-state index is -4.81. The van der Waals surface area contributed by atoms with Gasteiger partial charge in [0.05, 0.1) is 5.56 Å². The fourth-order valence-corrected chi connectivity index (χ4v) is 3.86. The predicted molar refractivity (Wildman–Crippen MR) is 104 cm³/mol. The minimum absolute atomic E-state index is 0.265. The lowest BCUT2D eigenvalue weighted by Crippen LogP contribution is -2.11. The van der Waals surface area contributed by atoms with Crippen molar-refractivity contribution >= 4 is 0 Å². The maximum absolute atomic E-state index is 14.1. The Balaban J connectivity index is 1.77. The Kier molecular flexibility index (Phi) is 6.42. The van der Waals surface area contributed by atoms with E-state index in [1.165, 1.54) is 11.5 Å². The molecule has 1 fully saturated rings. The smallest absolute Gasteiger partial charge is 0.205 e. The summed E-state index contributed by atoms with van der Waals surface area (Å²) in [6, 6.07) is 9.54. The van der Waals surface area contributed by atoms with E-state index in [0.717, 1.165) is 43.7 Å². The molecule has 0 nitrogen and oxygen atoms in total. The van der Waals surface area contributed by atoms with E-state index < -0.39 is 23.4 Å². The van der Waals surface area contributed by atoms with E-state index in [2.05, 4.69) is 12.2 Å². The lowest BCUT2D eigenvalue weighted by molar-refractivity contribution is -0.0696. The van der Waals surface area contributed by atoms with E-state index in [0.29, 0.717) is 17.4 Å². The molecule has 0 saturated heterocycles. The lowest BCUT2D eigenvalue weighted by Gasteiger charge is -2.27. The van der Waals surface area contributed by atoms with Gasteiger partial charge in [0.1, 0.15) is 11.6 Å². The van der Waals surface area contributed by atoms with Crippen LogP contribution in [0.2, 0.25) is 0 Å². The molecule has 0 atom stereocenters. The highest BCUT2D eigenvalue weighted by molar-refractivity contribution is 5.65. The molecule has 1 aliphatic rings. The number of benzene rings is 2. The minimum Gasteiger partial charge on any atom is -0.205 e. The average Bonchev–Trinajstić information content (AvgIpc) is 2.67. The third-order valence-electron chi connectivity index (χ3n) is 5.32. The summed E-state index contributed by atoms with van der Waals surface area (Å²) in [5.74, 6) is 1.33. The monoisotopic (exact) mass is 404 g/mol. The van der Waals surface area contributed by atoms with Crippen molar-refractivity contribution in [3.05, 3.63) is 71.3 Å². The zero-order chi connectivity index (χ0) is 21.0. The van der Waals surface area contributed by atoms with Crippen LogP contribution in [0.15, 0.2) is 48.6 Å². The summed E-state index contributed by atoms with van der Waals surface area (Å²) in [5, 5.41) is 0. The van der Waals surface area contributed by atoms with Gasteiger partial charge < -0.3 is 0 Å². The second-order valence-corrected chi connectivity index (χ2v) is 7.32. The van der Waals surface area contributed by atoms with Crippen LogP contribution in [0.5, 0.6) is 0 Å². The SMILES string of the molecule is C/C=C/C1CCC(c2ccc(-c3cc(F)c(C#CC(F)(F)F)c(F)c3)cc2)CC1. The van der Waals surface area contributed by atoms with Crippen LogP contribution < -0.4 is 0 Å². The van der Waals surface area contributed by atoms with Crippen LogP contribution in [0.25, 0.3) is 11.1 Å². The van der Waals surface area contributed by atoms with E-state index in [-0.39, 0.29) is 5.56 Å². The van der Waals surface area contributed by atoms with Crippen LogP contribution in [0.3, 0.4) is 0 Å². The van der Waals surface area contributed by atoms with Crippen molar-refractivity contribution < 1.29 is 22.0 Å². The molecule has 3 rings (SSSR count). The van der Waals surface area contributed by atoms with Gasteiger partial charge in [0, 0.05) is 5.92 Å². The first-order chi connectivity index (χ1) is 13.8. The molecule has 0 heterocycles. The molecule has 2 aromatic carbocycles. The number of halogens is 5. The molecule has 0 aliphatic heterocycles. The molecule has 0 unspecified atom stereocenters. The van der Waals surface area contributed by atoms with Gasteiger partial charge in [-0.2, -0.15) is 13.2 Å². The van der Waals surface area contributed by atoms with Gasteiger partial charge >= 0.3 is 6.18 Å². The van der Waals surface area contributed by atoms with Gasteiger partial charge in [-0.15, -0.1) is 0 Å². The summed E-state index contributed by atoms with van der Waals surface area (Å²) in [7, 11) is 0. The second-order valence-electron chi connectivity index (χ2n) is 7.32. The normalized spacial score (nSPS) is 19.8. The van der Waals surface area contributed by atoms with Gasteiger partial charge in [0.15, 0.2) is 0 Å². The molecule has 1 aliphatic carbocycles. The van der Waals surface area contributed by atoms with Crippen molar-refractivity contribution in [3.8, 4) is 23.0 Å². The summed E-state index contributed by atoms with van der Waals surface area (Å²) >= 11 is 0. The van der Waals surface area contributed by atoms with Crippen molar-refractivity contribution in [3.63, 3.8) is 0 Å². The molecule has 152 valence electrons. The standard InChI is InChI=1S/C24H21F5/c1-2-3-16-4-6-17(7-5-16)18-8-10-19(11-9-18)20-14-22(25)21(23(26)15-20)12-13-24(27,28)29/h2-3,8-11,14-17H,4-7H2,1H3/b3-2+. The van der Waals surface area contributed by atoms with E-state index >= 15 is 0 Å². The topological polar surface area (TPSA) is 0 Å². The predicted octanol–water partition coefficient (Wildman–Crippen LogP) is 7.40. The van der Waals surface area contributed by atoms with Crippen molar-refractivity contribution in [2.45, 2.75) is 44.7 Å². The first-order valence-corrected chi connectivity index (χ1v) is 9.59. The fraction of sp³-hybridized carbons (Fsp3) is 0.333. The molecule has 0 spiro atoms. The highest BCUT2D eigenvalue weighted by atomic mass is 19.4. The van der Waals surface area contributed by atoms with Crippen molar-refractivity contribution in [1.82, 2.24) is 0 Å². The van der Waals surface area contributed by atoms with Crippen LogP contribution in [0, 0.1) is 29.4 Å². The fourth-order valence-electron chi connectivity index (χ4n) is 3.86. The van der Waals surface area contributed by atoms with Crippen LogP contribution in [0.1, 0.15) is 49.7 Å². The average molecular weight is 404 g/mol. The van der Waals surface area contributed by atoms with Crippen molar-refractivity contribution in [2.24, 2.45) is 5.92 Å². The molecular weight excluding hydrogens is 383 g/mol. The van der Waals surface area contributed by atoms with E-state index in [1.54, 1.807) is 12.1 Å². The van der Waals surface area contributed by atoms with Crippen molar-refractivity contribution in [1.29, 1.82) is 0 Å². The first kappa shape index (κ1) is 21.1. The van der Waals surface area contributed by atoms with Gasteiger partial charge in [0.2, 0.25) is 0 Å². The zero-order valence-corrected chi connectivity index (χ0v) is 16.0. The Morgan fingerprint density at radius 3 is 2.00 bits per heavy atom. The highest BCUT2D eigenvalue weighted by Gasteiger charge is 2.24. The maximum atomic E-state index is 14.1. The molecule has 0 radical (unpaired) electrons.